The van der Waals surface area contributed by atoms with Gasteiger partial charge in [-0.3, -0.25) is 4.79 Å². The Kier molecular flexibility index (Phi) is 6.17. The van der Waals surface area contributed by atoms with Gasteiger partial charge in [-0.1, -0.05) is 6.07 Å². The summed E-state index contributed by atoms with van der Waals surface area (Å²) in [6.45, 7) is 0. The molecule has 0 saturated heterocycles. The van der Waals surface area contributed by atoms with Gasteiger partial charge in [0.15, 0.2) is 28.8 Å². The molecule has 3 aromatic rings. The summed E-state index contributed by atoms with van der Waals surface area (Å²) in [5, 5.41) is 7.77. The monoisotopic (exact) mass is 492 g/mol. The van der Waals surface area contributed by atoms with Crippen molar-refractivity contribution in [2.75, 3.05) is 40.9 Å². The van der Waals surface area contributed by atoms with Gasteiger partial charge in [0.2, 0.25) is 11.7 Å². The number of Topliss-reactive ketones (excluding diaryl/α,β-unsaturated/α-hetero) is 1. The molecule has 0 amide bonds. The van der Waals surface area contributed by atoms with Crippen LogP contribution in [0.3, 0.4) is 0 Å². The van der Waals surface area contributed by atoms with Gasteiger partial charge in [0.05, 0.1) is 35.5 Å². The number of benzene rings is 2. The van der Waals surface area contributed by atoms with E-state index in [0.717, 1.165) is 16.8 Å². The fraction of sp³-hybridized carbons (Fsp3) is 0.346. The van der Waals surface area contributed by atoms with Crippen LogP contribution in [0.2, 0.25) is 0 Å². The standard InChI is InChI=1S/C26H28N4O6/c1-32-19-7-6-14(10-20(19)33-2)15-8-17-23(18(31)9-15)24(30-26(29-17)27-13-28-30)16-11-21(34-3)25(36-5)22(12-16)35-4/h6-7,10-13,15,24H,8-9H2,1-5H3,(H,27,28,29)/t15-,24-/m1/s1. The molecule has 2 heterocycles. The number of carbonyl (C=O) groups is 1. The summed E-state index contributed by atoms with van der Waals surface area (Å²) in [7, 11) is 7.89. The molecule has 10 nitrogen and oxygen atoms in total. The Morgan fingerprint density at radius 2 is 1.50 bits per heavy atom. The predicted molar refractivity (Wildman–Crippen MR) is 131 cm³/mol. The topological polar surface area (TPSA) is 106 Å². The van der Waals surface area contributed by atoms with E-state index in [1.807, 2.05) is 30.3 Å². The first-order valence-electron chi connectivity index (χ1n) is 11.5. The number of hydrogen-bond donors (Lipinski definition) is 1. The largest absolute Gasteiger partial charge is 0.493 e. The van der Waals surface area contributed by atoms with E-state index in [1.54, 1.807) is 40.2 Å². The predicted octanol–water partition coefficient (Wildman–Crippen LogP) is 3.74. The zero-order valence-corrected chi connectivity index (χ0v) is 20.8. The fourth-order valence-electron chi connectivity index (χ4n) is 5.06. The Bertz CT molecular complexity index is 1320. The molecule has 0 spiro atoms. The van der Waals surface area contributed by atoms with E-state index in [1.165, 1.54) is 6.33 Å². The Morgan fingerprint density at radius 1 is 0.833 bits per heavy atom. The van der Waals surface area contributed by atoms with Crippen molar-refractivity contribution in [1.82, 2.24) is 14.8 Å². The van der Waals surface area contributed by atoms with Crippen LogP contribution < -0.4 is 29.0 Å². The normalized spacial score (nSPS) is 18.6. The van der Waals surface area contributed by atoms with Crippen molar-refractivity contribution in [3.8, 4) is 28.7 Å². The number of nitrogens with zero attached hydrogens (tertiary/aromatic N) is 3. The van der Waals surface area contributed by atoms with E-state index in [0.29, 0.717) is 53.1 Å². The van der Waals surface area contributed by atoms with Crippen LogP contribution in [-0.2, 0) is 4.79 Å². The first-order chi connectivity index (χ1) is 17.5. The summed E-state index contributed by atoms with van der Waals surface area (Å²) >= 11 is 0. The second-order valence-electron chi connectivity index (χ2n) is 8.55. The SMILES string of the molecule is COc1ccc([C@H]2CC(=O)C3=C(C2)Nc2ncnn2[C@@H]3c2cc(OC)c(OC)c(OC)c2)cc1OC. The molecule has 0 saturated carbocycles. The lowest BCUT2D eigenvalue weighted by atomic mass is 9.77. The highest BCUT2D eigenvalue weighted by Crippen LogP contribution is 2.47. The van der Waals surface area contributed by atoms with Crippen LogP contribution >= 0.6 is 0 Å². The molecule has 10 heteroatoms. The maximum Gasteiger partial charge on any atom is 0.226 e. The highest BCUT2D eigenvalue weighted by molar-refractivity contribution is 6.00. The van der Waals surface area contributed by atoms with E-state index in [4.69, 9.17) is 23.7 Å². The average molecular weight is 493 g/mol. The second kappa shape index (κ2) is 9.44. The lowest BCUT2D eigenvalue weighted by molar-refractivity contribution is -0.116. The number of rotatable bonds is 7. The van der Waals surface area contributed by atoms with Crippen molar-refractivity contribution in [3.05, 3.63) is 59.1 Å². The molecule has 2 aliphatic rings. The summed E-state index contributed by atoms with van der Waals surface area (Å²) in [6, 6.07) is 8.98. The molecule has 5 rings (SSSR count). The molecule has 2 atom stereocenters. The van der Waals surface area contributed by atoms with E-state index < -0.39 is 6.04 Å². The molecule has 2 aromatic carbocycles. The molecule has 0 unspecified atom stereocenters. The molecule has 188 valence electrons. The third kappa shape index (κ3) is 3.78. The zero-order chi connectivity index (χ0) is 25.4. The van der Waals surface area contributed by atoms with Crippen molar-refractivity contribution in [1.29, 1.82) is 0 Å². The Balaban J connectivity index is 1.60. The number of carbonyl (C=O) groups excluding carboxylic acids is 1. The number of ketones is 1. The number of hydrogen-bond acceptors (Lipinski definition) is 9. The van der Waals surface area contributed by atoms with Crippen molar-refractivity contribution in [2.45, 2.75) is 24.8 Å². The molecule has 1 N–H and O–H groups in total. The van der Waals surface area contributed by atoms with Crippen LogP contribution in [0, 0.1) is 0 Å². The molecule has 1 aliphatic heterocycles. The minimum absolute atomic E-state index is 0.0291. The molecule has 0 bridgehead atoms. The maximum atomic E-state index is 13.7. The lowest BCUT2D eigenvalue weighted by Gasteiger charge is -2.35. The maximum absolute atomic E-state index is 13.7. The third-order valence-electron chi connectivity index (χ3n) is 6.74. The van der Waals surface area contributed by atoms with Gasteiger partial charge in [0.1, 0.15) is 12.4 Å². The number of methoxy groups -OCH3 is 5. The van der Waals surface area contributed by atoms with Crippen LogP contribution in [0.15, 0.2) is 47.9 Å². The van der Waals surface area contributed by atoms with Gasteiger partial charge in [-0.05, 0) is 47.7 Å². The second-order valence-corrected chi connectivity index (χ2v) is 8.55. The van der Waals surface area contributed by atoms with Crippen LogP contribution in [0.5, 0.6) is 28.7 Å². The van der Waals surface area contributed by atoms with Crippen molar-refractivity contribution in [3.63, 3.8) is 0 Å². The van der Waals surface area contributed by atoms with E-state index in [-0.39, 0.29) is 11.7 Å². The third-order valence-corrected chi connectivity index (χ3v) is 6.74. The molecule has 1 aromatic heterocycles. The Morgan fingerprint density at radius 3 is 2.14 bits per heavy atom. The highest BCUT2D eigenvalue weighted by atomic mass is 16.5. The summed E-state index contributed by atoms with van der Waals surface area (Å²) < 4.78 is 29.2. The Hall–Kier alpha value is -4.21. The van der Waals surface area contributed by atoms with E-state index in [2.05, 4.69) is 15.4 Å². The number of aromatic nitrogens is 3. The van der Waals surface area contributed by atoms with Crippen molar-refractivity contribution in [2.24, 2.45) is 0 Å². The molecule has 36 heavy (non-hydrogen) atoms. The molecule has 1 aliphatic carbocycles. The summed E-state index contributed by atoms with van der Waals surface area (Å²) in [4.78, 5) is 18.1. The molecule has 0 radical (unpaired) electrons. The summed E-state index contributed by atoms with van der Waals surface area (Å²) in [5.74, 6) is 3.33. The number of anilines is 1. The molecule has 0 fully saturated rings. The van der Waals surface area contributed by atoms with Gasteiger partial charge in [-0.15, -0.1) is 0 Å². The van der Waals surface area contributed by atoms with Crippen LogP contribution in [0.4, 0.5) is 5.95 Å². The van der Waals surface area contributed by atoms with Crippen LogP contribution in [0.1, 0.15) is 35.9 Å². The van der Waals surface area contributed by atoms with Gasteiger partial charge in [-0.2, -0.15) is 10.1 Å². The number of allylic oxidation sites excluding steroid dienone is 2. The lowest BCUT2D eigenvalue weighted by Crippen LogP contribution is -2.33. The number of ether oxygens (including phenoxy) is 5. The van der Waals surface area contributed by atoms with E-state index >= 15 is 0 Å². The van der Waals surface area contributed by atoms with E-state index in [9.17, 15) is 4.79 Å². The Labute approximate surface area is 208 Å². The summed E-state index contributed by atoms with van der Waals surface area (Å²) in [5.41, 5.74) is 3.26. The molecular weight excluding hydrogens is 464 g/mol. The van der Waals surface area contributed by atoms with Crippen LogP contribution in [0.25, 0.3) is 0 Å². The van der Waals surface area contributed by atoms with Crippen molar-refractivity contribution < 1.29 is 28.5 Å². The fourth-order valence-corrected chi connectivity index (χ4v) is 5.06. The van der Waals surface area contributed by atoms with Crippen LogP contribution in [-0.4, -0.2) is 56.1 Å². The van der Waals surface area contributed by atoms with Gasteiger partial charge >= 0.3 is 0 Å². The number of fused-ring (bicyclic) bond motifs is 1. The zero-order valence-electron chi connectivity index (χ0n) is 20.8. The average Bonchev–Trinajstić information content (AvgIpc) is 3.38. The van der Waals surface area contributed by atoms with Gasteiger partial charge in [0.25, 0.3) is 0 Å². The highest BCUT2D eigenvalue weighted by Gasteiger charge is 2.40. The minimum Gasteiger partial charge on any atom is -0.493 e. The molecular formula is C26H28N4O6. The number of nitrogens with one attached hydrogen (secondary N) is 1. The quantitative estimate of drug-likeness (QED) is 0.528. The van der Waals surface area contributed by atoms with Gasteiger partial charge < -0.3 is 29.0 Å². The minimum atomic E-state index is -0.494. The summed E-state index contributed by atoms with van der Waals surface area (Å²) in [6.07, 6.45) is 2.45. The van der Waals surface area contributed by atoms with Gasteiger partial charge in [0, 0.05) is 17.7 Å². The smallest absolute Gasteiger partial charge is 0.226 e. The first-order valence-corrected chi connectivity index (χ1v) is 11.5. The first kappa shape index (κ1) is 23.5. The van der Waals surface area contributed by atoms with Crippen molar-refractivity contribution >= 4 is 11.7 Å². The van der Waals surface area contributed by atoms with Gasteiger partial charge in [-0.25, -0.2) is 4.68 Å².